The second-order valence-electron chi connectivity index (χ2n) is 4.67. The van der Waals surface area contributed by atoms with Crippen molar-refractivity contribution >= 4 is 31.6 Å². The molecule has 1 aromatic rings. The third-order valence-electron chi connectivity index (χ3n) is 3.41. The first-order chi connectivity index (χ1) is 9.34. The molecule has 2 rings (SSSR count). The molecule has 8 heteroatoms. The Morgan fingerprint density at radius 3 is 2.60 bits per heavy atom. The number of nitrogens with zero attached hydrogens (tertiary/aromatic N) is 1. The molecule has 0 amide bonds. The molecule has 112 valence electrons. The average molecular weight is 367 g/mol. The molecule has 1 fully saturated rings. The lowest BCUT2D eigenvalue weighted by Gasteiger charge is -2.30. The van der Waals surface area contributed by atoms with Crippen molar-refractivity contribution in [3.05, 3.63) is 22.4 Å². The maximum absolute atomic E-state index is 13.3. The van der Waals surface area contributed by atoms with Crippen LogP contribution in [0.4, 0.5) is 10.1 Å². The Morgan fingerprint density at radius 1 is 1.40 bits per heavy atom. The van der Waals surface area contributed by atoms with Gasteiger partial charge in [0.05, 0.1) is 10.6 Å². The molecule has 1 heterocycles. The van der Waals surface area contributed by atoms with E-state index in [2.05, 4.69) is 15.9 Å². The monoisotopic (exact) mass is 366 g/mol. The quantitative estimate of drug-likeness (QED) is 0.830. The van der Waals surface area contributed by atoms with E-state index >= 15 is 0 Å². The molecule has 0 radical (unpaired) electrons. The molecule has 0 bridgehead atoms. The standard InChI is InChI=1S/C12H16BrFN2O3S/c1-16(8-2-4-19-5-3-8)20(17,18)12-7-11(15)10(14)6-9(12)13/h6-8H,2-5,15H2,1H3. The SMILES string of the molecule is CN(C1CCOCC1)S(=O)(=O)c1cc(N)c(F)cc1Br. The van der Waals surface area contributed by atoms with Crippen LogP contribution in [0.3, 0.4) is 0 Å². The summed E-state index contributed by atoms with van der Waals surface area (Å²) in [4.78, 5) is -0.0228. The molecule has 0 aromatic heterocycles. The third kappa shape index (κ3) is 2.98. The van der Waals surface area contributed by atoms with E-state index in [4.69, 9.17) is 10.5 Å². The van der Waals surface area contributed by atoms with Crippen molar-refractivity contribution in [2.75, 3.05) is 26.0 Å². The van der Waals surface area contributed by atoms with Crippen LogP contribution < -0.4 is 5.73 Å². The highest BCUT2D eigenvalue weighted by molar-refractivity contribution is 9.10. The van der Waals surface area contributed by atoms with E-state index in [0.29, 0.717) is 26.1 Å². The van der Waals surface area contributed by atoms with Crippen LogP contribution in [0.1, 0.15) is 12.8 Å². The van der Waals surface area contributed by atoms with Crippen molar-refractivity contribution in [2.45, 2.75) is 23.8 Å². The summed E-state index contributed by atoms with van der Waals surface area (Å²) in [6.45, 7) is 1.08. The number of ether oxygens (including phenoxy) is 1. The van der Waals surface area contributed by atoms with Gasteiger partial charge in [0.1, 0.15) is 5.82 Å². The van der Waals surface area contributed by atoms with Crippen LogP contribution >= 0.6 is 15.9 Å². The summed E-state index contributed by atoms with van der Waals surface area (Å²) in [7, 11) is -2.20. The van der Waals surface area contributed by atoms with Gasteiger partial charge < -0.3 is 10.5 Å². The average Bonchev–Trinajstić information content (AvgIpc) is 2.42. The Kier molecular flexibility index (Phi) is 4.68. The number of hydrogen-bond donors (Lipinski definition) is 1. The number of benzene rings is 1. The third-order valence-corrected chi connectivity index (χ3v) is 6.28. The van der Waals surface area contributed by atoms with Gasteiger partial charge in [-0.3, -0.25) is 0 Å². The van der Waals surface area contributed by atoms with E-state index < -0.39 is 15.8 Å². The van der Waals surface area contributed by atoms with Gasteiger partial charge in [0.2, 0.25) is 10.0 Å². The first kappa shape index (κ1) is 15.7. The maximum Gasteiger partial charge on any atom is 0.244 e. The van der Waals surface area contributed by atoms with Gasteiger partial charge in [0, 0.05) is 30.8 Å². The second-order valence-corrected chi connectivity index (χ2v) is 7.49. The van der Waals surface area contributed by atoms with Gasteiger partial charge in [-0.25, -0.2) is 12.8 Å². The number of hydrogen-bond acceptors (Lipinski definition) is 4. The summed E-state index contributed by atoms with van der Waals surface area (Å²) in [6.07, 6.45) is 1.29. The number of anilines is 1. The van der Waals surface area contributed by atoms with E-state index in [1.54, 1.807) is 0 Å². The summed E-state index contributed by atoms with van der Waals surface area (Å²) in [5.41, 5.74) is 5.28. The van der Waals surface area contributed by atoms with Crippen LogP contribution in [-0.2, 0) is 14.8 Å². The fourth-order valence-electron chi connectivity index (χ4n) is 2.14. The lowest BCUT2D eigenvalue weighted by atomic mass is 10.1. The van der Waals surface area contributed by atoms with Crippen molar-refractivity contribution in [3.63, 3.8) is 0 Å². The predicted molar refractivity (Wildman–Crippen MR) is 77.3 cm³/mol. The molecule has 0 spiro atoms. The van der Waals surface area contributed by atoms with Gasteiger partial charge in [-0.2, -0.15) is 4.31 Å². The molecule has 1 aliphatic heterocycles. The van der Waals surface area contributed by atoms with Crippen molar-refractivity contribution in [3.8, 4) is 0 Å². The molecule has 0 unspecified atom stereocenters. The summed E-state index contributed by atoms with van der Waals surface area (Å²) in [5, 5.41) is 0. The smallest absolute Gasteiger partial charge is 0.244 e. The molecule has 0 saturated carbocycles. The lowest BCUT2D eigenvalue weighted by molar-refractivity contribution is 0.0632. The Morgan fingerprint density at radius 2 is 2.00 bits per heavy atom. The largest absolute Gasteiger partial charge is 0.396 e. The lowest BCUT2D eigenvalue weighted by Crippen LogP contribution is -2.40. The van der Waals surface area contributed by atoms with Crippen LogP contribution in [0.5, 0.6) is 0 Å². The second kappa shape index (κ2) is 5.97. The molecule has 1 saturated heterocycles. The fraction of sp³-hybridized carbons (Fsp3) is 0.500. The van der Waals surface area contributed by atoms with Gasteiger partial charge in [0.25, 0.3) is 0 Å². The van der Waals surface area contributed by atoms with Gasteiger partial charge in [-0.05, 0) is 40.9 Å². The van der Waals surface area contributed by atoms with E-state index in [1.165, 1.54) is 11.4 Å². The van der Waals surface area contributed by atoms with Crippen molar-refractivity contribution in [2.24, 2.45) is 0 Å². The molecule has 1 aromatic carbocycles. The highest BCUT2D eigenvalue weighted by atomic mass is 79.9. The number of halogens is 2. The maximum atomic E-state index is 13.3. The van der Waals surface area contributed by atoms with Gasteiger partial charge in [-0.15, -0.1) is 0 Å². The topological polar surface area (TPSA) is 72.6 Å². The first-order valence-corrected chi connectivity index (χ1v) is 8.37. The molecule has 1 aliphatic rings. The Balaban J connectivity index is 2.36. The summed E-state index contributed by atoms with van der Waals surface area (Å²) >= 11 is 3.08. The minimum absolute atomic E-state index is 0.0228. The molecule has 5 nitrogen and oxygen atoms in total. The van der Waals surface area contributed by atoms with Gasteiger partial charge in [0.15, 0.2) is 0 Å². The number of nitrogens with two attached hydrogens (primary N) is 1. The van der Waals surface area contributed by atoms with Crippen molar-refractivity contribution in [1.29, 1.82) is 0 Å². The number of nitrogen functional groups attached to an aromatic ring is 1. The zero-order chi connectivity index (χ0) is 14.9. The molecule has 20 heavy (non-hydrogen) atoms. The summed E-state index contributed by atoms with van der Waals surface area (Å²) in [6, 6.07) is 2.09. The van der Waals surface area contributed by atoms with E-state index in [0.717, 1.165) is 12.1 Å². The predicted octanol–water partition coefficient (Wildman–Crippen LogP) is 1.97. The van der Waals surface area contributed by atoms with Gasteiger partial charge in [-0.1, -0.05) is 0 Å². The normalized spacial score (nSPS) is 17.6. The first-order valence-electron chi connectivity index (χ1n) is 6.14. The molecular weight excluding hydrogens is 351 g/mol. The highest BCUT2D eigenvalue weighted by Gasteiger charge is 2.31. The minimum atomic E-state index is -3.72. The number of rotatable bonds is 3. The van der Waals surface area contributed by atoms with E-state index in [1.807, 2.05) is 0 Å². The highest BCUT2D eigenvalue weighted by Crippen LogP contribution is 2.30. The van der Waals surface area contributed by atoms with Crippen LogP contribution in [0.2, 0.25) is 0 Å². The van der Waals surface area contributed by atoms with Crippen LogP contribution in [0, 0.1) is 5.82 Å². The molecule has 2 N–H and O–H groups in total. The van der Waals surface area contributed by atoms with E-state index in [9.17, 15) is 12.8 Å². The van der Waals surface area contributed by atoms with E-state index in [-0.39, 0.29) is 21.1 Å². The molecular formula is C12H16BrFN2O3S. The number of sulfonamides is 1. The van der Waals surface area contributed by atoms with Crippen molar-refractivity contribution in [1.82, 2.24) is 4.31 Å². The molecule has 0 aliphatic carbocycles. The minimum Gasteiger partial charge on any atom is -0.396 e. The van der Waals surface area contributed by atoms with Crippen LogP contribution in [-0.4, -0.2) is 39.0 Å². The Labute approximate surface area is 126 Å². The Hall–Kier alpha value is -0.700. The summed E-state index contributed by atoms with van der Waals surface area (Å²) in [5.74, 6) is -0.649. The summed E-state index contributed by atoms with van der Waals surface area (Å²) < 4.78 is 45.2. The van der Waals surface area contributed by atoms with Crippen LogP contribution in [0.25, 0.3) is 0 Å². The molecule has 0 atom stereocenters. The van der Waals surface area contributed by atoms with Crippen LogP contribution in [0.15, 0.2) is 21.5 Å². The Bertz CT molecular complexity index is 603. The zero-order valence-corrected chi connectivity index (χ0v) is 13.4. The van der Waals surface area contributed by atoms with Crippen molar-refractivity contribution < 1.29 is 17.5 Å². The zero-order valence-electron chi connectivity index (χ0n) is 11.0. The fourth-order valence-corrected chi connectivity index (χ4v) is 4.57. The van der Waals surface area contributed by atoms with Gasteiger partial charge >= 0.3 is 0 Å².